The molecule has 0 spiro atoms. The topological polar surface area (TPSA) is 12.0 Å². The van der Waals surface area contributed by atoms with Crippen LogP contribution in [-0.4, -0.2) is 6.54 Å². The molecule has 0 aliphatic rings. The normalized spacial score (nSPS) is 12.4. The standard InChI is InChI=1S/C15H13Cl4N/c1-2-20-15(9-6-10(16)8-11(17)7-9)12-4-3-5-13(18)14(12)19/h3-8,15,20H,2H2,1H3. The van der Waals surface area contributed by atoms with Crippen molar-refractivity contribution in [2.45, 2.75) is 13.0 Å². The molecule has 1 N–H and O–H groups in total. The maximum absolute atomic E-state index is 6.32. The molecule has 20 heavy (non-hydrogen) atoms. The predicted octanol–water partition coefficient (Wildman–Crippen LogP) is 6.00. The van der Waals surface area contributed by atoms with Crippen molar-refractivity contribution in [2.75, 3.05) is 6.54 Å². The first-order valence-electron chi connectivity index (χ1n) is 6.16. The molecule has 2 aromatic rings. The van der Waals surface area contributed by atoms with Crippen molar-refractivity contribution in [1.29, 1.82) is 0 Å². The second-order valence-corrected chi connectivity index (χ2v) is 5.99. The molecule has 0 aliphatic heterocycles. The van der Waals surface area contributed by atoms with Crippen molar-refractivity contribution in [3.05, 3.63) is 67.6 Å². The van der Waals surface area contributed by atoms with E-state index in [-0.39, 0.29) is 6.04 Å². The van der Waals surface area contributed by atoms with Gasteiger partial charge in [-0.1, -0.05) is 65.5 Å². The van der Waals surface area contributed by atoms with E-state index in [1.165, 1.54) is 0 Å². The van der Waals surface area contributed by atoms with Crippen LogP contribution in [0, 0.1) is 0 Å². The van der Waals surface area contributed by atoms with Gasteiger partial charge in [-0.3, -0.25) is 0 Å². The van der Waals surface area contributed by atoms with Crippen molar-refractivity contribution < 1.29 is 0 Å². The summed E-state index contributed by atoms with van der Waals surface area (Å²) in [5.41, 5.74) is 1.85. The van der Waals surface area contributed by atoms with Crippen LogP contribution in [0.1, 0.15) is 24.1 Å². The van der Waals surface area contributed by atoms with E-state index in [2.05, 4.69) is 5.32 Å². The Morgan fingerprint density at radius 1 is 1.00 bits per heavy atom. The van der Waals surface area contributed by atoms with E-state index < -0.39 is 0 Å². The van der Waals surface area contributed by atoms with Crippen LogP contribution in [0.3, 0.4) is 0 Å². The highest BCUT2D eigenvalue weighted by Crippen LogP contribution is 2.34. The SMILES string of the molecule is CCNC(c1cc(Cl)cc(Cl)c1)c1cccc(Cl)c1Cl. The zero-order chi connectivity index (χ0) is 14.7. The fourth-order valence-corrected chi connectivity index (χ4v) is 3.06. The van der Waals surface area contributed by atoms with Crippen LogP contribution < -0.4 is 5.32 Å². The number of halogens is 4. The largest absolute Gasteiger partial charge is 0.306 e. The summed E-state index contributed by atoms with van der Waals surface area (Å²) < 4.78 is 0. The van der Waals surface area contributed by atoms with E-state index >= 15 is 0 Å². The lowest BCUT2D eigenvalue weighted by molar-refractivity contribution is 0.631. The number of hydrogen-bond donors (Lipinski definition) is 1. The van der Waals surface area contributed by atoms with Crippen LogP contribution in [0.25, 0.3) is 0 Å². The Morgan fingerprint density at radius 2 is 1.65 bits per heavy atom. The molecular weight excluding hydrogens is 336 g/mol. The Balaban J connectivity index is 2.53. The monoisotopic (exact) mass is 347 g/mol. The van der Waals surface area contributed by atoms with Gasteiger partial charge < -0.3 is 5.32 Å². The first kappa shape index (κ1) is 15.9. The highest BCUT2D eigenvalue weighted by atomic mass is 35.5. The van der Waals surface area contributed by atoms with Crippen molar-refractivity contribution >= 4 is 46.4 Å². The minimum Gasteiger partial charge on any atom is -0.306 e. The second-order valence-electron chi connectivity index (χ2n) is 4.34. The summed E-state index contributed by atoms with van der Waals surface area (Å²) in [4.78, 5) is 0. The molecule has 0 fully saturated rings. The smallest absolute Gasteiger partial charge is 0.0643 e. The van der Waals surface area contributed by atoms with Crippen molar-refractivity contribution in [2.24, 2.45) is 0 Å². The lowest BCUT2D eigenvalue weighted by Gasteiger charge is -2.21. The van der Waals surface area contributed by atoms with E-state index in [9.17, 15) is 0 Å². The molecule has 1 atom stereocenters. The lowest BCUT2D eigenvalue weighted by Crippen LogP contribution is -2.22. The van der Waals surface area contributed by atoms with Gasteiger partial charge >= 0.3 is 0 Å². The van der Waals surface area contributed by atoms with Gasteiger partial charge in [-0.25, -0.2) is 0 Å². The zero-order valence-corrected chi connectivity index (χ0v) is 13.8. The molecule has 0 bridgehead atoms. The molecule has 0 aliphatic carbocycles. The first-order valence-corrected chi connectivity index (χ1v) is 7.67. The summed E-state index contributed by atoms with van der Waals surface area (Å²) in [5, 5.41) is 5.63. The number of nitrogens with one attached hydrogen (secondary N) is 1. The van der Waals surface area contributed by atoms with E-state index in [1.54, 1.807) is 12.1 Å². The minimum absolute atomic E-state index is 0.109. The van der Waals surface area contributed by atoms with Crippen LogP contribution in [0.4, 0.5) is 0 Å². The third-order valence-electron chi connectivity index (χ3n) is 2.92. The molecule has 0 saturated carbocycles. The molecule has 0 heterocycles. The minimum atomic E-state index is -0.109. The molecule has 0 radical (unpaired) electrons. The molecule has 5 heteroatoms. The van der Waals surface area contributed by atoms with Gasteiger partial charge in [-0.05, 0) is 41.9 Å². The average Bonchev–Trinajstić information content (AvgIpc) is 2.38. The molecule has 0 aromatic heterocycles. The first-order chi connectivity index (χ1) is 9.52. The molecule has 106 valence electrons. The highest BCUT2D eigenvalue weighted by Gasteiger charge is 2.18. The van der Waals surface area contributed by atoms with Gasteiger partial charge in [-0.2, -0.15) is 0 Å². The van der Waals surface area contributed by atoms with Crippen LogP contribution in [0.5, 0.6) is 0 Å². The second kappa shape index (κ2) is 7.02. The molecule has 0 saturated heterocycles. The molecule has 1 unspecified atom stereocenters. The zero-order valence-electron chi connectivity index (χ0n) is 10.8. The Kier molecular flexibility index (Phi) is 5.59. The van der Waals surface area contributed by atoms with Crippen molar-refractivity contribution in [1.82, 2.24) is 5.32 Å². The average molecular weight is 349 g/mol. The van der Waals surface area contributed by atoms with Gasteiger partial charge in [0.2, 0.25) is 0 Å². The summed E-state index contributed by atoms with van der Waals surface area (Å²) in [5.74, 6) is 0. The predicted molar refractivity (Wildman–Crippen MR) is 88.4 cm³/mol. The van der Waals surface area contributed by atoms with Crippen molar-refractivity contribution in [3.63, 3.8) is 0 Å². The van der Waals surface area contributed by atoms with Crippen LogP contribution >= 0.6 is 46.4 Å². The number of benzene rings is 2. The van der Waals surface area contributed by atoms with Gasteiger partial charge in [-0.15, -0.1) is 0 Å². The van der Waals surface area contributed by atoms with Crippen molar-refractivity contribution in [3.8, 4) is 0 Å². The molecule has 2 aromatic carbocycles. The van der Waals surface area contributed by atoms with E-state index in [1.807, 2.05) is 31.2 Å². The fraction of sp³-hybridized carbons (Fsp3) is 0.200. The fourth-order valence-electron chi connectivity index (χ4n) is 2.10. The molecule has 0 amide bonds. The van der Waals surface area contributed by atoms with Gasteiger partial charge in [0.15, 0.2) is 0 Å². The third-order valence-corrected chi connectivity index (χ3v) is 4.19. The maximum atomic E-state index is 6.32. The van der Waals surface area contributed by atoms with Gasteiger partial charge in [0.25, 0.3) is 0 Å². The van der Waals surface area contributed by atoms with Crippen LogP contribution in [0.2, 0.25) is 20.1 Å². The summed E-state index contributed by atoms with van der Waals surface area (Å²) in [6.07, 6.45) is 0. The summed E-state index contributed by atoms with van der Waals surface area (Å²) >= 11 is 24.6. The Bertz CT molecular complexity index is 593. The van der Waals surface area contributed by atoms with Crippen LogP contribution in [-0.2, 0) is 0 Å². The number of rotatable bonds is 4. The molecule has 2 rings (SSSR count). The summed E-state index contributed by atoms with van der Waals surface area (Å²) in [7, 11) is 0. The third kappa shape index (κ3) is 3.60. The summed E-state index contributed by atoms with van der Waals surface area (Å²) in [6.45, 7) is 2.80. The quantitative estimate of drug-likeness (QED) is 0.714. The van der Waals surface area contributed by atoms with E-state index in [4.69, 9.17) is 46.4 Å². The lowest BCUT2D eigenvalue weighted by atomic mass is 9.98. The van der Waals surface area contributed by atoms with E-state index in [0.29, 0.717) is 20.1 Å². The van der Waals surface area contributed by atoms with Gasteiger partial charge in [0.1, 0.15) is 0 Å². The van der Waals surface area contributed by atoms with Gasteiger partial charge in [0, 0.05) is 10.0 Å². The van der Waals surface area contributed by atoms with Gasteiger partial charge in [0.05, 0.1) is 16.1 Å². The highest BCUT2D eigenvalue weighted by molar-refractivity contribution is 6.42. The van der Waals surface area contributed by atoms with E-state index in [0.717, 1.165) is 17.7 Å². The molecular formula is C15H13Cl4N. The number of hydrogen-bond acceptors (Lipinski definition) is 1. The summed E-state index contributed by atoms with van der Waals surface area (Å²) in [6, 6.07) is 10.9. The van der Waals surface area contributed by atoms with Crippen LogP contribution in [0.15, 0.2) is 36.4 Å². The Morgan fingerprint density at radius 3 is 2.25 bits per heavy atom. The molecule has 1 nitrogen and oxygen atoms in total. The Labute approximate surface area is 138 Å². The Hall–Kier alpha value is -0.440. The maximum Gasteiger partial charge on any atom is 0.0643 e.